The van der Waals surface area contributed by atoms with E-state index in [0.29, 0.717) is 11.5 Å². The fourth-order valence-corrected chi connectivity index (χ4v) is 2.05. The number of nitrogens with one attached hydrogen (secondary N) is 1. The van der Waals surface area contributed by atoms with Gasteiger partial charge in [-0.3, -0.25) is 9.79 Å². The first-order valence-electron chi connectivity index (χ1n) is 4.86. The summed E-state index contributed by atoms with van der Waals surface area (Å²) < 4.78 is 0. The molecule has 0 aromatic heterocycles. The van der Waals surface area contributed by atoms with Gasteiger partial charge in [0.2, 0.25) is 0 Å². The Morgan fingerprint density at radius 3 is 3.00 bits per heavy atom. The second-order valence-corrected chi connectivity index (χ2v) is 3.94. The summed E-state index contributed by atoms with van der Waals surface area (Å²) in [5.74, 6) is 0.281. The van der Waals surface area contributed by atoms with Crippen molar-refractivity contribution in [1.82, 2.24) is 5.32 Å². The van der Waals surface area contributed by atoms with Crippen molar-refractivity contribution in [3.05, 3.63) is 11.3 Å². The van der Waals surface area contributed by atoms with E-state index in [-0.39, 0.29) is 17.7 Å². The lowest BCUT2D eigenvalue weighted by Crippen LogP contribution is -2.38. The van der Waals surface area contributed by atoms with Crippen molar-refractivity contribution in [2.75, 3.05) is 6.54 Å². The predicted octanol–water partition coefficient (Wildman–Crippen LogP) is 0.798. The van der Waals surface area contributed by atoms with Gasteiger partial charge in [-0.25, -0.2) is 0 Å². The van der Waals surface area contributed by atoms with Crippen molar-refractivity contribution < 1.29 is 9.90 Å². The normalized spacial score (nSPS) is 34.7. The molecule has 4 nitrogen and oxygen atoms in total. The molecule has 2 atom stereocenters. The summed E-state index contributed by atoms with van der Waals surface area (Å²) in [6.45, 7) is 4.37. The molecule has 1 amide bonds. The van der Waals surface area contributed by atoms with Gasteiger partial charge < -0.3 is 10.4 Å². The molecular weight excluding hydrogens is 180 g/mol. The highest BCUT2D eigenvalue weighted by Gasteiger charge is 2.39. The van der Waals surface area contributed by atoms with Crippen LogP contribution in [-0.4, -0.2) is 29.3 Å². The van der Waals surface area contributed by atoms with Crippen molar-refractivity contribution >= 4 is 11.6 Å². The Balaban J connectivity index is 2.44. The minimum absolute atomic E-state index is 0.00773. The maximum absolute atomic E-state index is 11.5. The van der Waals surface area contributed by atoms with E-state index >= 15 is 0 Å². The summed E-state index contributed by atoms with van der Waals surface area (Å²) in [6.07, 6.45) is 0.992. The molecule has 0 spiro atoms. The summed E-state index contributed by atoms with van der Waals surface area (Å²) in [6, 6.07) is 0.00773. The second-order valence-electron chi connectivity index (χ2n) is 3.94. The first-order chi connectivity index (χ1) is 6.61. The van der Waals surface area contributed by atoms with Crippen molar-refractivity contribution in [2.45, 2.75) is 26.3 Å². The number of hydrogen-bond acceptors (Lipinski definition) is 3. The molecule has 0 unspecified atom stereocenters. The molecule has 4 heteroatoms. The largest absolute Gasteiger partial charge is 0.512 e. The van der Waals surface area contributed by atoms with E-state index in [4.69, 9.17) is 0 Å². The number of carbonyl (C=O) groups is 1. The van der Waals surface area contributed by atoms with Crippen LogP contribution in [0.3, 0.4) is 0 Å². The van der Waals surface area contributed by atoms with Crippen molar-refractivity contribution in [2.24, 2.45) is 10.9 Å². The Morgan fingerprint density at radius 1 is 1.64 bits per heavy atom. The van der Waals surface area contributed by atoms with Crippen LogP contribution in [0.5, 0.6) is 0 Å². The molecule has 0 aromatic rings. The van der Waals surface area contributed by atoms with Crippen LogP contribution in [0.4, 0.5) is 0 Å². The zero-order valence-corrected chi connectivity index (χ0v) is 8.37. The number of fused-ring (bicyclic) bond motifs is 1. The van der Waals surface area contributed by atoms with Gasteiger partial charge in [0, 0.05) is 6.54 Å². The molecule has 0 bridgehead atoms. The maximum Gasteiger partial charge on any atom is 0.257 e. The van der Waals surface area contributed by atoms with Crippen molar-refractivity contribution in [1.29, 1.82) is 0 Å². The average Bonchev–Trinajstić information content (AvgIpc) is 2.42. The summed E-state index contributed by atoms with van der Waals surface area (Å²) in [7, 11) is 0. The number of aliphatic hydroxyl groups excluding tert-OH is 1. The lowest BCUT2D eigenvalue weighted by atomic mass is 9.91. The Hall–Kier alpha value is -1.32. The van der Waals surface area contributed by atoms with Crippen LogP contribution in [0.2, 0.25) is 0 Å². The van der Waals surface area contributed by atoms with Crippen molar-refractivity contribution in [3.63, 3.8) is 0 Å². The van der Waals surface area contributed by atoms with Crippen LogP contribution in [0.1, 0.15) is 20.3 Å². The van der Waals surface area contributed by atoms with Gasteiger partial charge in [-0.15, -0.1) is 0 Å². The summed E-state index contributed by atoms with van der Waals surface area (Å²) in [5, 5.41) is 12.2. The minimum Gasteiger partial charge on any atom is -0.512 e. The van der Waals surface area contributed by atoms with Gasteiger partial charge in [0.1, 0.15) is 5.76 Å². The Morgan fingerprint density at radius 2 is 2.36 bits per heavy atom. The summed E-state index contributed by atoms with van der Waals surface area (Å²) in [5.41, 5.74) is 1.12. The molecule has 1 saturated heterocycles. The van der Waals surface area contributed by atoms with Crippen LogP contribution in [0, 0.1) is 5.92 Å². The van der Waals surface area contributed by atoms with Crippen LogP contribution in [-0.2, 0) is 4.79 Å². The van der Waals surface area contributed by atoms with Gasteiger partial charge in [-0.05, 0) is 19.3 Å². The molecule has 0 radical (unpaired) electrons. The first-order valence-corrected chi connectivity index (χ1v) is 4.86. The summed E-state index contributed by atoms with van der Waals surface area (Å²) in [4.78, 5) is 15.8. The standard InChI is InChI=1S/C10H14N2O2/c1-5-3-4-11-9-7(6(2)13)10(14)12-8(5)9/h5,8,13H,3-4H2,1-2H3,(H,12,14)/b7-6-/t5-,8+/m0/s1. The molecule has 2 rings (SSSR count). The third-order valence-electron chi connectivity index (χ3n) is 2.86. The Kier molecular flexibility index (Phi) is 2.06. The van der Waals surface area contributed by atoms with Gasteiger partial charge in [0.05, 0.1) is 17.3 Å². The monoisotopic (exact) mass is 194 g/mol. The molecule has 2 aliphatic heterocycles. The van der Waals surface area contributed by atoms with Crippen molar-refractivity contribution in [3.8, 4) is 0 Å². The van der Waals surface area contributed by atoms with E-state index in [1.807, 2.05) is 0 Å². The number of hydrogen-bond donors (Lipinski definition) is 2. The maximum atomic E-state index is 11.5. The van der Waals surface area contributed by atoms with Gasteiger partial charge in [0.25, 0.3) is 5.91 Å². The van der Waals surface area contributed by atoms with E-state index in [0.717, 1.165) is 18.7 Å². The van der Waals surface area contributed by atoms with Gasteiger partial charge in [0.15, 0.2) is 0 Å². The number of carbonyl (C=O) groups excluding carboxylic acids is 1. The Labute approximate surface area is 82.7 Å². The summed E-state index contributed by atoms with van der Waals surface area (Å²) >= 11 is 0. The van der Waals surface area contributed by atoms with Crippen LogP contribution in [0.25, 0.3) is 0 Å². The molecule has 1 fully saturated rings. The molecular formula is C10H14N2O2. The van der Waals surface area contributed by atoms with Gasteiger partial charge >= 0.3 is 0 Å². The van der Waals surface area contributed by atoms with Gasteiger partial charge in [-0.1, -0.05) is 6.92 Å². The molecule has 14 heavy (non-hydrogen) atoms. The number of aliphatic hydroxyl groups is 1. The highest BCUT2D eigenvalue weighted by molar-refractivity contribution is 6.29. The van der Waals surface area contributed by atoms with Gasteiger partial charge in [-0.2, -0.15) is 0 Å². The lowest BCUT2D eigenvalue weighted by Gasteiger charge is -2.23. The number of allylic oxidation sites excluding steroid dienone is 1. The lowest BCUT2D eigenvalue weighted by molar-refractivity contribution is -0.116. The third-order valence-corrected chi connectivity index (χ3v) is 2.86. The highest BCUT2D eigenvalue weighted by Crippen LogP contribution is 2.25. The van der Waals surface area contributed by atoms with Crippen LogP contribution in [0.15, 0.2) is 16.3 Å². The molecule has 2 aliphatic rings. The smallest absolute Gasteiger partial charge is 0.257 e. The van der Waals surface area contributed by atoms with E-state index in [2.05, 4.69) is 17.2 Å². The highest BCUT2D eigenvalue weighted by atomic mass is 16.3. The molecule has 2 heterocycles. The molecule has 76 valence electrons. The van der Waals surface area contributed by atoms with E-state index in [9.17, 15) is 9.90 Å². The molecule has 0 saturated carbocycles. The van der Waals surface area contributed by atoms with E-state index in [1.54, 1.807) is 0 Å². The number of nitrogens with zero attached hydrogens (tertiary/aromatic N) is 1. The number of amides is 1. The zero-order valence-electron chi connectivity index (χ0n) is 8.37. The number of rotatable bonds is 0. The molecule has 0 aliphatic carbocycles. The first kappa shape index (κ1) is 9.24. The zero-order chi connectivity index (χ0) is 10.3. The van der Waals surface area contributed by atoms with Crippen LogP contribution >= 0.6 is 0 Å². The average molecular weight is 194 g/mol. The third kappa shape index (κ3) is 1.22. The van der Waals surface area contributed by atoms with E-state index in [1.165, 1.54) is 6.92 Å². The predicted molar refractivity (Wildman–Crippen MR) is 53.3 cm³/mol. The fourth-order valence-electron chi connectivity index (χ4n) is 2.05. The fraction of sp³-hybridized carbons (Fsp3) is 0.600. The van der Waals surface area contributed by atoms with E-state index < -0.39 is 0 Å². The topological polar surface area (TPSA) is 61.7 Å². The minimum atomic E-state index is -0.192. The number of aliphatic imine (C=N–C) groups is 1. The SMILES string of the molecule is C/C(O)=C1/C(=O)N[C@H]2C1=NCC[C@@H]2C. The Bertz CT molecular complexity index is 340. The molecule has 0 aromatic carbocycles. The quantitative estimate of drug-likeness (QED) is 0.442. The van der Waals surface area contributed by atoms with Crippen LogP contribution < -0.4 is 5.32 Å². The molecule has 2 N–H and O–H groups in total. The second kappa shape index (κ2) is 3.12.